The Morgan fingerprint density at radius 2 is 1.81 bits per heavy atom. The van der Waals surface area contributed by atoms with Gasteiger partial charge in [0, 0.05) is 23.9 Å². The smallest absolute Gasteiger partial charge is 0.242 e. The molecule has 4 nitrogen and oxygen atoms in total. The topological polar surface area (TPSA) is 49.4 Å². The van der Waals surface area contributed by atoms with Crippen molar-refractivity contribution in [1.29, 1.82) is 0 Å². The van der Waals surface area contributed by atoms with E-state index in [0.717, 1.165) is 11.1 Å². The molecule has 0 aliphatic rings. The van der Waals surface area contributed by atoms with E-state index in [-0.39, 0.29) is 11.8 Å². The highest BCUT2D eigenvalue weighted by atomic mass is 35.5. The van der Waals surface area contributed by atoms with Crippen molar-refractivity contribution in [2.75, 3.05) is 12.3 Å². The minimum atomic E-state index is -0.524. The molecule has 0 fully saturated rings. The van der Waals surface area contributed by atoms with E-state index in [9.17, 15) is 9.59 Å². The number of nitrogens with one attached hydrogen (secondary N) is 1. The number of hydrogen-bond acceptors (Lipinski definition) is 3. The molecule has 0 aliphatic carbocycles. The number of rotatable bonds is 9. The van der Waals surface area contributed by atoms with Crippen molar-refractivity contribution in [2.24, 2.45) is 0 Å². The Morgan fingerprint density at radius 3 is 2.48 bits per heavy atom. The lowest BCUT2D eigenvalue weighted by Crippen LogP contribution is -2.48. The van der Waals surface area contributed by atoms with E-state index in [2.05, 4.69) is 5.32 Å². The maximum Gasteiger partial charge on any atom is 0.242 e. The minimum Gasteiger partial charge on any atom is -0.355 e. The third kappa shape index (κ3) is 6.92. The van der Waals surface area contributed by atoms with Gasteiger partial charge in [-0.05, 0) is 37.1 Å². The number of nitrogens with zero attached hydrogens (tertiary/aromatic N) is 1. The van der Waals surface area contributed by atoms with Gasteiger partial charge < -0.3 is 10.2 Å². The third-order valence-electron chi connectivity index (χ3n) is 4.10. The van der Waals surface area contributed by atoms with Gasteiger partial charge in [0.1, 0.15) is 6.04 Å². The van der Waals surface area contributed by atoms with E-state index in [4.69, 9.17) is 11.6 Å². The summed E-state index contributed by atoms with van der Waals surface area (Å²) >= 11 is 7.53. The molecule has 0 aliphatic heterocycles. The molecule has 27 heavy (non-hydrogen) atoms. The van der Waals surface area contributed by atoms with Gasteiger partial charge in [0.2, 0.25) is 11.8 Å². The van der Waals surface area contributed by atoms with Crippen LogP contribution in [-0.2, 0) is 21.9 Å². The molecule has 2 rings (SSSR count). The Balaban J connectivity index is 2.02. The molecule has 1 N–H and O–H groups in total. The highest BCUT2D eigenvalue weighted by Crippen LogP contribution is 2.18. The van der Waals surface area contributed by atoms with Crippen LogP contribution in [0.2, 0.25) is 5.02 Å². The number of thioether (sulfide) groups is 1. The SMILES string of the molecule is CCNC(=O)C(C)N(Cc1ccccc1)C(=O)CSCc1cccc(Cl)c1. The first-order valence-corrected chi connectivity index (χ1v) is 10.5. The van der Waals surface area contributed by atoms with Gasteiger partial charge in [-0.3, -0.25) is 9.59 Å². The molecule has 0 saturated carbocycles. The van der Waals surface area contributed by atoms with Crippen LogP contribution < -0.4 is 5.32 Å². The first-order chi connectivity index (χ1) is 13.0. The van der Waals surface area contributed by atoms with Crippen LogP contribution in [0.15, 0.2) is 54.6 Å². The Kier molecular flexibility index (Phi) is 8.69. The van der Waals surface area contributed by atoms with E-state index in [1.165, 1.54) is 11.8 Å². The number of hydrogen-bond donors (Lipinski definition) is 1. The van der Waals surface area contributed by atoms with Crippen LogP contribution in [0.1, 0.15) is 25.0 Å². The lowest BCUT2D eigenvalue weighted by molar-refractivity contribution is -0.138. The number of carbonyl (C=O) groups excluding carboxylic acids is 2. The fraction of sp³-hybridized carbons (Fsp3) is 0.333. The molecule has 0 spiro atoms. The molecule has 0 aromatic heterocycles. The summed E-state index contributed by atoms with van der Waals surface area (Å²) in [6.07, 6.45) is 0. The van der Waals surface area contributed by atoms with Crippen LogP contribution in [0.4, 0.5) is 0 Å². The Morgan fingerprint density at radius 1 is 1.11 bits per heavy atom. The molecule has 0 bridgehead atoms. The van der Waals surface area contributed by atoms with Gasteiger partial charge in [0.15, 0.2) is 0 Å². The minimum absolute atomic E-state index is 0.0513. The van der Waals surface area contributed by atoms with Crippen LogP contribution in [0.3, 0.4) is 0 Å². The van der Waals surface area contributed by atoms with Gasteiger partial charge in [0.05, 0.1) is 5.75 Å². The molecule has 1 unspecified atom stereocenters. The van der Waals surface area contributed by atoms with Crippen LogP contribution in [0.5, 0.6) is 0 Å². The second-order valence-corrected chi connectivity index (χ2v) is 7.62. The van der Waals surface area contributed by atoms with Crippen molar-refractivity contribution in [3.8, 4) is 0 Å². The summed E-state index contributed by atoms with van der Waals surface area (Å²) < 4.78 is 0. The second-order valence-electron chi connectivity index (χ2n) is 6.20. The normalized spacial score (nSPS) is 11.7. The second kappa shape index (κ2) is 11.0. The molecule has 1 atom stereocenters. The molecule has 0 heterocycles. The zero-order valence-electron chi connectivity index (χ0n) is 15.7. The zero-order valence-corrected chi connectivity index (χ0v) is 17.2. The van der Waals surface area contributed by atoms with Crippen molar-refractivity contribution < 1.29 is 9.59 Å². The molecule has 2 amide bonds. The van der Waals surface area contributed by atoms with Crippen molar-refractivity contribution in [2.45, 2.75) is 32.2 Å². The molecule has 6 heteroatoms. The van der Waals surface area contributed by atoms with Gasteiger partial charge in [-0.1, -0.05) is 54.1 Å². The number of likely N-dealkylation sites (N-methyl/N-ethyl adjacent to an activating group) is 1. The summed E-state index contributed by atoms with van der Waals surface area (Å²) in [5.74, 6) is 0.815. The first kappa shape index (κ1) is 21.3. The van der Waals surface area contributed by atoms with Gasteiger partial charge in [-0.2, -0.15) is 0 Å². The lowest BCUT2D eigenvalue weighted by Gasteiger charge is -2.28. The summed E-state index contributed by atoms with van der Waals surface area (Å²) in [4.78, 5) is 26.8. The van der Waals surface area contributed by atoms with Crippen molar-refractivity contribution in [1.82, 2.24) is 10.2 Å². The van der Waals surface area contributed by atoms with Gasteiger partial charge >= 0.3 is 0 Å². The maximum atomic E-state index is 12.9. The quantitative estimate of drug-likeness (QED) is 0.683. The van der Waals surface area contributed by atoms with E-state index in [1.54, 1.807) is 11.8 Å². The van der Waals surface area contributed by atoms with Gasteiger partial charge in [-0.15, -0.1) is 11.8 Å². The van der Waals surface area contributed by atoms with E-state index in [0.29, 0.717) is 29.6 Å². The fourth-order valence-electron chi connectivity index (χ4n) is 2.65. The van der Waals surface area contributed by atoms with Crippen LogP contribution in [0.25, 0.3) is 0 Å². The third-order valence-corrected chi connectivity index (χ3v) is 5.32. The average Bonchev–Trinajstić information content (AvgIpc) is 2.66. The van der Waals surface area contributed by atoms with Crippen LogP contribution in [0, 0.1) is 0 Å². The Hall–Kier alpha value is -1.98. The maximum absolute atomic E-state index is 12.9. The molecule has 0 saturated heterocycles. The van der Waals surface area contributed by atoms with E-state index >= 15 is 0 Å². The number of halogens is 1. The summed E-state index contributed by atoms with van der Waals surface area (Å²) in [6.45, 7) is 4.60. The van der Waals surface area contributed by atoms with Crippen LogP contribution in [-0.4, -0.2) is 35.1 Å². The Labute approximate surface area is 170 Å². The molecule has 144 valence electrons. The van der Waals surface area contributed by atoms with Gasteiger partial charge in [-0.25, -0.2) is 0 Å². The summed E-state index contributed by atoms with van der Waals surface area (Å²) in [7, 11) is 0. The monoisotopic (exact) mass is 404 g/mol. The predicted octanol–water partition coefficient (Wildman–Crippen LogP) is 4.13. The summed E-state index contributed by atoms with van der Waals surface area (Å²) in [5.41, 5.74) is 2.08. The number of amides is 2. The summed E-state index contributed by atoms with van der Waals surface area (Å²) in [6, 6.07) is 16.8. The summed E-state index contributed by atoms with van der Waals surface area (Å²) in [5, 5.41) is 3.49. The van der Waals surface area contributed by atoms with Gasteiger partial charge in [0.25, 0.3) is 0 Å². The lowest BCUT2D eigenvalue weighted by atomic mass is 10.1. The largest absolute Gasteiger partial charge is 0.355 e. The predicted molar refractivity (Wildman–Crippen MR) is 113 cm³/mol. The van der Waals surface area contributed by atoms with Crippen molar-refractivity contribution in [3.63, 3.8) is 0 Å². The highest BCUT2D eigenvalue weighted by Gasteiger charge is 2.25. The van der Waals surface area contributed by atoms with Crippen molar-refractivity contribution >= 4 is 35.2 Å². The first-order valence-electron chi connectivity index (χ1n) is 8.94. The number of carbonyl (C=O) groups is 2. The molecule has 0 radical (unpaired) electrons. The number of benzene rings is 2. The Bertz CT molecular complexity index is 755. The van der Waals surface area contributed by atoms with Crippen LogP contribution >= 0.6 is 23.4 Å². The molecule has 2 aromatic rings. The van der Waals surface area contributed by atoms with Crippen molar-refractivity contribution in [3.05, 3.63) is 70.7 Å². The standard InChI is InChI=1S/C21H25ClN2O2S/c1-3-23-21(26)16(2)24(13-17-8-5-4-6-9-17)20(25)15-27-14-18-10-7-11-19(22)12-18/h4-12,16H,3,13-15H2,1-2H3,(H,23,26). The molecular formula is C21H25ClN2O2S. The van der Waals surface area contributed by atoms with E-state index < -0.39 is 6.04 Å². The fourth-order valence-corrected chi connectivity index (χ4v) is 3.72. The zero-order chi connectivity index (χ0) is 19.6. The molecule has 2 aromatic carbocycles. The molecular weight excluding hydrogens is 380 g/mol. The average molecular weight is 405 g/mol. The van der Waals surface area contributed by atoms with E-state index in [1.807, 2.05) is 61.5 Å². The highest BCUT2D eigenvalue weighted by molar-refractivity contribution is 7.99.